The number of nitrogens with one attached hydrogen (secondary N) is 2. The minimum absolute atomic E-state index is 0.0378. The van der Waals surface area contributed by atoms with Gasteiger partial charge in [-0.05, 0) is 25.0 Å². The summed E-state index contributed by atoms with van der Waals surface area (Å²) in [4.78, 5) is 13.6. The lowest BCUT2D eigenvalue weighted by molar-refractivity contribution is -0.133. The molecule has 1 aliphatic rings. The van der Waals surface area contributed by atoms with E-state index < -0.39 is 12.7 Å². The normalized spacial score (nSPS) is 16.4. The van der Waals surface area contributed by atoms with Crippen LogP contribution in [0.4, 0.5) is 19.0 Å². The van der Waals surface area contributed by atoms with Crippen molar-refractivity contribution in [1.82, 2.24) is 20.4 Å². The molecule has 0 aliphatic carbocycles. The number of halogens is 3. The van der Waals surface area contributed by atoms with Crippen LogP contribution in [0.3, 0.4) is 0 Å². The van der Waals surface area contributed by atoms with Crippen molar-refractivity contribution in [2.45, 2.75) is 31.5 Å². The SMILES string of the molecule is O=C(CCNCC(F)(F)F)N1CCC(Nc2cccnn2)CC1. The van der Waals surface area contributed by atoms with Crippen molar-refractivity contribution in [2.75, 3.05) is 31.5 Å². The standard InChI is InChI=1S/C14H20F3N5O/c15-14(16,17)10-18-7-3-13(23)22-8-4-11(5-9-22)20-12-2-1-6-19-21-12/h1-2,6,11,18H,3-5,7-10H2,(H,20,21). The Labute approximate surface area is 132 Å². The van der Waals surface area contributed by atoms with Crippen LogP contribution in [0.2, 0.25) is 0 Å². The lowest BCUT2D eigenvalue weighted by Crippen LogP contribution is -2.43. The Bertz CT molecular complexity index is 489. The number of alkyl halides is 3. The molecule has 9 heteroatoms. The van der Waals surface area contributed by atoms with E-state index in [2.05, 4.69) is 20.8 Å². The van der Waals surface area contributed by atoms with Crippen LogP contribution < -0.4 is 10.6 Å². The summed E-state index contributed by atoms with van der Waals surface area (Å²) in [7, 11) is 0. The van der Waals surface area contributed by atoms with Crippen molar-refractivity contribution in [1.29, 1.82) is 0 Å². The molecule has 2 rings (SSSR count). The molecule has 1 aromatic heterocycles. The number of likely N-dealkylation sites (tertiary alicyclic amines) is 1. The fourth-order valence-electron chi connectivity index (χ4n) is 2.44. The third kappa shape index (κ3) is 6.39. The summed E-state index contributed by atoms with van der Waals surface area (Å²) < 4.78 is 35.9. The molecular formula is C14H20F3N5O. The van der Waals surface area contributed by atoms with E-state index >= 15 is 0 Å². The third-order valence-electron chi connectivity index (χ3n) is 3.61. The molecule has 0 atom stereocenters. The Morgan fingerprint density at radius 1 is 1.35 bits per heavy atom. The summed E-state index contributed by atoms with van der Waals surface area (Å²) in [6.45, 7) is 0.159. The van der Waals surface area contributed by atoms with Gasteiger partial charge in [-0.2, -0.15) is 18.3 Å². The van der Waals surface area contributed by atoms with E-state index in [1.807, 2.05) is 6.07 Å². The maximum absolute atomic E-state index is 12.0. The molecule has 2 heterocycles. The van der Waals surface area contributed by atoms with Gasteiger partial charge in [-0.15, -0.1) is 5.10 Å². The highest BCUT2D eigenvalue weighted by atomic mass is 19.4. The zero-order valence-electron chi connectivity index (χ0n) is 12.6. The Kier molecular flexibility index (Phi) is 6.14. The Hall–Kier alpha value is -1.90. The van der Waals surface area contributed by atoms with Crippen molar-refractivity contribution in [3.8, 4) is 0 Å². The first kappa shape index (κ1) is 17.5. The number of aromatic nitrogens is 2. The smallest absolute Gasteiger partial charge is 0.366 e. The van der Waals surface area contributed by atoms with Crippen molar-refractivity contribution in [3.05, 3.63) is 18.3 Å². The van der Waals surface area contributed by atoms with Gasteiger partial charge in [0.15, 0.2) is 0 Å². The molecule has 128 valence electrons. The summed E-state index contributed by atoms with van der Waals surface area (Å²) in [5.41, 5.74) is 0. The van der Waals surface area contributed by atoms with Gasteiger partial charge in [-0.1, -0.05) is 0 Å². The van der Waals surface area contributed by atoms with Gasteiger partial charge in [0.25, 0.3) is 0 Å². The fourth-order valence-corrected chi connectivity index (χ4v) is 2.44. The summed E-state index contributed by atoms with van der Waals surface area (Å²) in [5, 5.41) is 13.2. The van der Waals surface area contributed by atoms with E-state index in [1.54, 1.807) is 17.2 Å². The predicted molar refractivity (Wildman–Crippen MR) is 78.8 cm³/mol. The molecule has 0 aromatic carbocycles. The van der Waals surface area contributed by atoms with Gasteiger partial charge in [-0.25, -0.2) is 0 Å². The van der Waals surface area contributed by atoms with E-state index in [-0.39, 0.29) is 24.9 Å². The maximum atomic E-state index is 12.0. The van der Waals surface area contributed by atoms with Crippen LogP contribution in [0.15, 0.2) is 18.3 Å². The second-order valence-corrected chi connectivity index (χ2v) is 5.45. The number of carbonyl (C=O) groups excluding carboxylic acids is 1. The number of carbonyl (C=O) groups is 1. The molecule has 2 N–H and O–H groups in total. The topological polar surface area (TPSA) is 70.2 Å². The van der Waals surface area contributed by atoms with Gasteiger partial charge in [0, 0.05) is 38.3 Å². The monoisotopic (exact) mass is 331 g/mol. The lowest BCUT2D eigenvalue weighted by atomic mass is 10.0. The first-order valence-electron chi connectivity index (χ1n) is 7.53. The largest absolute Gasteiger partial charge is 0.401 e. The highest BCUT2D eigenvalue weighted by Crippen LogP contribution is 2.15. The number of piperidine rings is 1. The molecule has 0 spiro atoms. The van der Waals surface area contributed by atoms with E-state index in [1.165, 1.54) is 0 Å². The van der Waals surface area contributed by atoms with E-state index in [0.717, 1.165) is 12.8 Å². The summed E-state index contributed by atoms with van der Waals surface area (Å²) in [5.74, 6) is 0.589. The first-order chi connectivity index (χ1) is 10.9. The molecule has 0 radical (unpaired) electrons. The zero-order valence-corrected chi connectivity index (χ0v) is 12.6. The van der Waals surface area contributed by atoms with E-state index in [0.29, 0.717) is 18.9 Å². The average Bonchev–Trinajstić information content (AvgIpc) is 2.52. The molecule has 1 amide bonds. The van der Waals surface area contributed by atoms with Gasteiger partial charge >= 0.3 is 6.18 Å². The van der Waals surface area contributed by atoms with Gasteiger partial charge < -0.3 is 15.5 Å². The number of anilines is 1. The zero-order chi connectivity index (χ0) is 16.7. The Balaban J connectivity index is 1.64. The van der Waals surface area contributed by atoms with Gasteiger partial charge in [-0.3, -0.25) is 4.79 Å². The Morgan fingerprint density at radius 2 is 2.09 bits per heavy atom. The molecule has 1 aromatic rings. The van der Waals surface area contributed by atoms with Gasteiger partial charge in [0.2, 0.25) is 5.91 Å². The number of amides is 1. The fraction of sp³-hybridized carbons (Fsp3) is 0.643. The summed E-state index contributed by atoms with van der Waals surface area (Å²) in [6, 6.07) is 3.85. The Morgan fingerprint density at radius 3 is 2.70 bits per heavy atom. The molecule has 1 fully saturated rings. The molecule has 1 aliphatic heterocycles. The van der Waals surface area contributed by atoms with Crippen molar-refractivity contribution >= 4 is 11.7 Å². The second-order valence-electron chi connectivity index (χ2n) is 5.45. The van der Waals surface area contributed by atoms with Crippen LogP contribution >= 0.6 is 0 Å². The van der Waals surface area contributed by atoms with Crippen LogP contribution in [-0.4, -0.2) is 59.4 Å². The minimum Gasteiger partial charge on any atom is -0.366 e. The molecule has 23 heavy (non-hydrogen) atoms. The summed E-state index contributed by atoms with van der Waals surface area (Å²) >= 11 is 0. The molecular weight excluding hydrogens is 311 g/mol. The number of hydrogen-bond acceptors (Lipinski definition) is 5. The predicted octanol–water partition coefficient (Wildman–Crippen LogP) is 1.42. The minimum atomic E-state index is -4.24. The highest BCUT2D eigenvalue weighted by molar-refractivity contribution is 5.76. The average molecular weight is 331 g/mol. The van der Waals surface area contributed by atoms with Gasteiger partial charge in [0.1, 0.15) is 5.82 Å². The highest BCUT2D eigenvalue weighted by Gasteiger charge is 2.27. The van der Waals surface area contributed by atoms with Crippen molar-refractivity contribution < 1.29 is 18.0 Å². The molecule has 0 saturated carbocycles. The number of rotatable bonds is 6. The first-order valence-corrected chi connectivity index (χ1v) is 7.53. The van der Waals surface area contributed by atoms with Crippen molar-refractivity contribution in [2.24, 2.45) is 0 Å². The molecule has 0 unspecified atom stereocenters. The van der Waals surface area contributed by atoms with Crippen LogP contribution in [0.5, 0.6) is 0 Å². The van der Waals surface area contributed by atoms with Crippen LogP contribution in [0, 0.1) is 0 Å². The third-order valence-corrected chi connectivity index (χ3v) is 3.61. The summed E-state index contributed by atoms with van der Waals surface area (Å²) in [6.07, 6.45) is -1.01. The quantitative estimate of drug-likeness (QED) is 0.772. The van der Waals surface area contributed by atoms with E-state index in [4.69, 9.17) is 0 Å². The number of hydrogen-bond donors (Lipinski definition) is 2. The molecule has 0 bridgehead atoms. The maximum Gasteiger partial charge on any atom is 0.401 e. The van der Waals surface area contributed by atoms with Gasteiger partial charge in [0.05, 0.1) is 6.54 Å². The van der Waals surface area contributed by atoms with Crippen LogP contribution in [0.1, 0.15) is 19.3 Å². The lowest BCUT2D eigenvalue weighted by Gasteiger charge is -2.32. The molecule has 6 nitrogen and oxygen atoms in total. The number of nitrogens with zero attached hydrogens (tertiary/aromatic N) is 3. The molecule has 1 saturated heterocycles. The van der Waals surface area contributed by atoms with Crippen LogP contribution in [-0.2, 0) is 4.79 Å². The van der Waals surface area contributed by atoms with Crippen LogP contribution in [0.25, 0.3) is 0 Å². The van der Waals surface area contributed by atoms with Crippen molar-refractivity contribution in [3.63, 3.8) is 0 Å². The van der Waals surface area contributed by atoms with E-state index in [9.17, 15) is 18.0 Å². The second kappa shape index (κ2) is 8.09.